The van der Waals surface area contributed by atoms with Crippen LogP contribution < -0.4 is 0 Å². The number of imidazole rings is 1. The van der Waals surface area contributed by atoms with Gasteiger partial charge in [-0.05, 0) is 53.5 Å². The second-order valence-corrected chi connectivity index (χ2v) is 7.49. The van der Waals surface area contributed by atoms with Gasteiger partial charge < -0.3 is 9.67 Å². The molecule has 0 bridgehead atoms. The van der Waals surface area contributed by atoms with Gasteiger partial charge in [-0.1, -0.05) is 12.1 Å². The molecule has 0 radical (unpaired) electrons. The molecule has 0 aliphatic rings. The first kappa shape index (κ1) is 14.8. The molecule has 0 fully saturated rings. The summed E-state index contributed by atoms with van der Waals surface area (Å²) >= 11 is 5.10. The molecule has 110 valence electrons. The average Bonchev–Trinajstić information content (AvgIpc) is 2.99. The summed E-state index contributed by atoms with van der Waals surface area (Å²) in [6.45, 7) is 5.00. The molecular weight excluding hydrogens is 348 g/mol. The van der Waals surface area contributed by atoms with Crippen LogP contribution >= 0.6 is 27.3 Å². The SMILES string of the molecule is CCn1c(CC(O)c2cc(C)c(Br)s2)nc2ccccc21. The van der Waals surface area contributed by atoms with Crippen LogP contribution in [0.1, 0.15) is 29.3 Å². The van der Waals surface area contributed by atoms with Crippen molar-refractivity contribution in [3.8, 4) is 0 Å². The molecule has 5 heteroatoms. The topological polar surface area (TPSA) is 38.0 Å². The minimum absolute atomic E-state index is 0.512. The number of hydrogen-bond donors (Lipinski definition) is 1. The monoisotopic (exact) mass is 364 g/mol. The number of hydrogen-bond acceptors (Lipinski definition) is 3. The predicted molar refractivity (Wildman–Crippen MR) is 90.8 cm³/mol. The summed E-state index contributed by atoms with van der Waals surface area (Å²) in [6.07, 6.45) is 0.0247. The van der Waals surface area contributed by atoms with Crippen LogP contribution in [0.4, 0.5) is 0 Å². The van der Waals surface area contributed by atoms with Crippen molar-refractivity contribution in [3.63, 3.8) is 0 Å². The van der Waals surface area contributed by atoms with Crippen LogP contribution in [0.25, 0.3) is 11.0 Å². The molecule has 0 aliphatic carbocycles. The molecule has 3 aromatic rings. The highest BCUT2D eigenvalue weighted by molar-refractivity contribution is 9.11. The van der Waals surface area contributed by atoms with Gasteiger partial charge in [0.15, 0.2) is 0 Å². The van der Waals surface area contributed by atoms with Crippen molar-refractivity contribution in [1.82, 2.24) is 9.55 Å². The first-order chi connectivity index (χ1) is 10.1. The van der Waals surface area contributed by atoms with E-state index in [4.69, 9.17) is 0 Å². The van der Waals surface area contributed by atoms with Gasteiger partial charge in [0, 0.05) is 17.8 Å². The molecule has 21 heavy (non-hydrogen) atoms. The Balaban J connectivity index is 1.93. The zero-order chi connectivity index (χ0) is 15.0. The van der Waals surface area contributed by atoms with Gasteiger partial charge in [-0.25, -0.2) is 4.98 Å². The van der Waals surface area contributed by atoms with E-state index in [2.05, 4.69) is 38.5 Å². The van der Waals surface area contributed by atoms with Crippen LogP contribution in [0.15, 0.2) is 34.1 Å². The lowest BCUT2D eigenvalue weighted by Crippen LogP contribution is -2.07. The number of aryl methyl sites for hydroxylation is 2. The second kappa shape index (κ2) is 5.91. The number of fused-ring (bicyclic) bond motifs is 1. The van der Waals surface area contributed by atoms with Gasteiger partial charge in [0.2, 0.25) is 0 Å². The number of aliphatic hydroxyl groups excluding tert-OH is 1. The molecule has 0 spiro atoms. The summed E-state index contributed by atoms with van der Waals surface area (Å²) in [5.41, 5.74) is 3.29. The number of nitrogens with zero attached hydrogens (tertiary/aromatic N) is 2. The molecule has 0 amide bonds. The third-order valence-corrected chi connectivity index (χ3v) is 5.87. The lowest BCUT2D eigenvalue weighted by molar-refractivity contribution is 0.178. The summed E-state index contributed by atoms with van der Waals surface area (Å²) < 4.78 is 3.26. The summed E-state index contributed by atoms with van der Waals surface area (Å²) in [5.74, 6) is 0.938. The summed E-state index contributed by atoms with van der Waals surface area (Å²) in [7, 11) is 0. The third-order valence-electron chi connectivity index (χ3n) is 3.63. The van der Waals surface area contributed by atoms with Crippen LogP contribution in [0, 0.1) is 6.92 Å². The van der Waals surface area contributed by atoms with Gasteiger partial charge in [-0.2, -0.15) is 0 Å². The van der Waals surface area contributed by atoms with E-state index >= 15 is 0 Å². The molecule has 2 heterocycles. The minimum Gasteiger partial charge on any atom is -0.387 e. The van der Waals surface area contributed by atoms with E-state index in [0.717, 1.165) is 37.6 Å². The number of para-hydroxylation sites is 2. The standard InChI is InChI=1S/C16H17BrN2OS/c1-3-19-12-7-5-4-6-11(12)18-15(19)9-13(20)14-8-10(2)16(17)21-14/h4-8,13,20H,3,9H2,1-2H3. The van der Waals surface area contributed by atoms with Crippen LogP contribution in [0.2, 0.25) is 0 Å². The quantitative estimate of drug-likeness (QED) is 0.741. The van der Waals surface area contributed by atoms with Crippen LogP contribution in [-0.4, -0.2) is 14.7 Å². The highest BCUT2D eigenvalue weighted by Crippen LogP contribution is 2.33. The predicted octanol–water partition coefficient (Wildman–Crippen LogP) is 4.46. The van der Waals surface area contributed by atoms with E-state index in [9.17, 15) is 5.11 Å². The van der Waals surface area contributed by atoms with Crippen LogP contribution in [0.3, 0.4) is 0 Å². The highest BCUT2D eigenvalue weighted by atomic mass is 79.9. The Hall–Kier alpha value is -1.17. The zero-order valence-electron chi connectivity index (χ0n) is 12.0. The van der Waals surface area contributed by atoms with Crippen molar-refractivity contribution >= 4 is 38.3 Å². The molecule has 1 unspecified atom stereocenters. The number of benzene rings is 1. The Morgan fingerprint density at radius 1 is 1.38 bits per heavy atom. The maximum absolute atomic E-state index is 10.5. The van der Waals surface area contributed by atoms with Crippen LogP contribution in [-0.2, 0) is 13.0 Å². The third kappa shape index (κ3) is 2.78. The van der Waals surface area contributed by atoms with E-state index in [1.165, 1.54) is 0 Å². The number of rotatable bonds is 4. The first-order valence-corrected chi connectivity index (χ1v) is 8.59. The Morgan fingerprint density at radius 3 is 2.81 bits per heavy atom. The fourth-order valence-corrected chi connectivity index (χ4v) is 4.11. The smallest absolute Gasteiger partial charge is 0.112 e. The zero-order valence-corrected chi connectivity index (χ0v) is 14.4. The number of aliphatic hydroxyl groups is 1. The molecule has 1 atom stereocenters. The van der Waals surface area contributed by atoms with E-state index in [1.807, 2.05) is 31.2 Å². The van der Waals surface area contributed by atoms with Gasteiger partial charge >= 0.3 is 0 Å². The maximum atomic E-state index is 10.5. The van der Waals surface area contributed by atoms with E-state index in [1.54, 1.807) is 11.3 Å². The minimum atomic E-state index is -0.512. The number of halogens is 1. The molecule has 0 aliphatic heterocycles. The molecule has 2 aromatic heterocycles. The van der Waals surface area contributed by atoms with Gasteiger partial charge in [0.05, 0.1) is 20.9 Å². The van der Waals surface area contributed by atoms with E-state index < -0.39 is 6.10 Å². The Bertz CT molecular complexity index is 758. The average molecular weight is 365 g/mol. The molecular formula is C16H17BrN2OS. The largest absolute Gasteiger partial charge is 0.387 e. The molecule has 0 saturated carbocycles. The van der Waals surface area contributed by atoms with Crippen molar-refractivity contribution in [3.05, 3.63) is 50.4 Å². The van der Waals surface area contributed by atoms with Crippen molar-refractivity contribution in [2.24, 2.45) is 0 Å². The maximum Gasteiger partial charge on any atom is 0.112 e. The van der Waals surface area contributed by atoms with Gasteiger partial charge in [-0.3, -0.25) is 0 Å². The Kier molecular flexibility index (Phi) is 4.15. The van der Waals surface area contributed by atoms with Crippen molar-refractivity contribution in [1.29, 1.82) is 0 Å². The molecule has 3 rings (SSSR count). The fraction of sp³-hybridized carbons (Fsp3) is 0.312. The second-order valence-electron chi connectivity index (χ2n) is 5.09. The van der Waals surface area contributed by atoms with Gasteiger partial charge in [0.25, 0.3) is 0 Å². The normalized spacial score (nSPS) is 13.0. The van der Waals surface area contributed by atoms with Crippen molar-refractivity contribution < 1.29 is 5.11 Å². The fourth-order valence-electron chi connectivity index (χ4n) is 2.56. The first-order valence-electron chi connectivity index (χ1n) is 6.98. The van der Waals surface area contributed by atoms with Gasteiger partial charge in [-0.15, -0.1) is 11.3 Å². The lowest BCUT2D eigenvalue weighted by Gasteiger charge is -2.10. The summed E-state index contributed by atoms with van der Waals surface area (Å²) in [4.78, 5) is 5.65. The van der Waals surface area contributed by atoms with E-state index in [0.29, 0.717) is 6.42 Å². The number of thiophene rings is 1. The number of aromatic nitrogens is 2. The molecule has 3 nitrogen and oxygen atoms in total. The highest BCUT2D eigenvalue weighted by Gasteiger charge is 2.17. The van der Waals surface area contributed by atoms with Gasteiger partial charge in [0.1, 0.15) is 5.82 Å². The van der Waals surface area contributed by atoms with Crippen LogP contribution in [0.5, 0.6) is 0 Å². The Morgan fingerprint density at radius 2 is 2.14 bits per heavy atom. The van der Waals surface area contributed by atoms with Crippen molar-refractivity contribution in [2.45, 2.75) is 32.9 Å². The molecule has 0 saturated heterocycles. The van der Waals surface area contributed by atoms with Crippen molar-refractivity contribution in [2.75, 3.05) is 0 Å². The molecule has 1 N–H and O–H groups in total. The Labute approximate surface area is 136 Å². The lowest BCUT2D eigenvalue weighted by atomic mass is 10.2. The summed E-state index contributed by atoms with van der Waals surface area (Å²) in [6, 6.07) is 10.2. The summed E-state index contributed by atoms with van der Waals surface area (Å²) in [5, 5.41) is 10.5. The molecule has 1 aromatic carbocycles. The van der Waals surface area contributed by atoms with E-state index in [-0.39, 0.29) is 0 Å².